The fourth-order valence-electron chi connectivity index (χ4n) is 1.02. The summed E-state index contributed by atoms with van der Waals surface area (Å²) in [6, 6.07) is 0. The van der Waals surface area contributed by atoms with Crippen molar-refractivity contribution in [2.45, 2.75) is 25.2 Å². The molecule has 0 aromatic heterocycles. The third-order valence-electron chi connectivity index (χ3n) is 2.20. The fourth-order valence-corrected chi connectivity index (χ4v) is 1.89. The topological polar surface area (TPSA) is 40.5 Å². The van der Waals surface area contributed by atoms with Gasteiger partial charge < -0.3 is 10.0 Å². The van der Waals surface area contributed by atoms with Gasteiger partial charge in [0.1, 0.15) is 0 Å². The molecule has 3 nitrogen and oxygen atoms in total. The van der Waals surface area contributed by atoms with Crippen LogP contribution in [0, 0.1) is 0 Å². The first-order chi connectivity index (χ1) is 7.52. The second kappa shape index (κ2) is 8.42. The lowest BCUT2D eigenvalue weighted by Crippen LogP contribution is -2.33. The molecule has 0 spiro atoms. The van der Waals surface area contributed by atoms with E-state index in [4.69, 9.17) is 0 Å². The summed E-state index contributed by atoms with van der Waals surface area (Å²) in [5.74, 6) is 0.436. The van der Waals surface area contributed by atoms with Gasteiger partial charge in [0, 0.05) is 18.3 Å². The highest BCUT2D eigenvalue weighted by molar-refractivity contribution is 8.00. The smallest absolute Gasteiger partial charge is 0.233 e. The SMILES string of the molecule is C=CCN(CC=C)C(=O)CSC(C)C(C)O. The lowest BCUT2D eigenvalue weighted by Gasteiger charge is -2.20. The van der Waals surface area contributed by atoms with Crippen LogP contribution in [0.2, 0.25) is 0 Å². The van der Waals surface area contributed by atoms with Crippen molar-refractivity contribution in [3.63, 3.8) is 0 Å². The Bertz CT molecular complexity index is 231. The third-order valence-corrected chi connectivity index (χ3v) is 3.53. The normalized spacial score (nSPS) is 13.9. The molecule has 1 amide bonds. The summed E-state index contributed by atoms with van der Waals surface area (Å²) >= 11 is 1.46. The Balaban J connectivity index is 4.09. The number of nitrogens with zero attached hydrogens (tertiary/aromatic N) is 1. The molecular weight excluding hydrogens is 222 g/mol. The van der Waals surface area contributed by atoms with Crippen molar-refractivity contribution < 1.29 is 9.90 Å². The first kappa shape index (κ1) is 15.3. The zero-order valence-corrected chi connectivity index (χ0v) is 10.9. The van der Waals surface area contributed by atoms with Gasteiger partial charge in [0.05, 0.1) is 11.9 Å². The van der Waals surface area contributed by atoms with Crippen LogP contribution in [0.5, 0.6) is 0 Å². The van der Waals surface area contributed by atoms with E-state index in [2.05, 4.69) is 13.2 Å². The molecule has 0 bridgehead atoms. The van der Waals surface area contributed by atoms with E-state index in [1.54, 1.807) is 24.0 Å². The van der Waals surface area contributed by atoms with Crippen molar-refractivity contribution in [3.05, 3.63) is 25.3 Å². The lowest BCUT2D eigenvalue weighted by atomic mass is 10.3. The molecule has 0 aliphatic carbocycles. The van der Waals surface area contributed by atoms with E-state index in [0.29, 0.717) is 18.8 Å². The van der Waals surface area contributed by atoms with Crippen LogP contribution >= 0.6 is 11.8 Å². The number of hydrogen-bond donors (Lipinski definition) is 1. The maximum atomic E-state index is 11.8. The van der Waals surface area contributed by atoms with Crippen molar-refractivity contribution in [2.24, 2.45) is 0 Å². The van der Waals surface area contributed by atoms with Crippen molar-refractivity contribution in [1.29, 1.82) is 0 Å². The molecule has 0 aromatic carbocycles. The number of amides is 1. The van der Waals surface area contributed by atoms with Gasteiger partial charge in [-0.25, -0.2) is 0 Å². The molecule has 4 heteroatoms. The second-order valence-electron chi connectivity index (χ2n) is 3.63. The third kappa shape index (κ3) is 5.98. The summed E-state index contributed by atoms with van der Waals surface area (Å²) in [5.41, 5.74) is 0. The monoisotopic (exact) mass is 243 g/mol. The molecule has 2 atom stereocenters. The summed E-state index contributed by atoms with van der Waals surface area (Å²) in [7, 11) is 0. The van der Waals surface area contributed by atoms with Crippen LogP contribution < -0.4 is 0 Å². The molecular formula is C12H21NO2S. The molecule has 0 radical (unpaired) electrons. The van der Waals surface area contributed by atoms with Crippen LogP contribution in [0.4, 0.5) is 0 Å². The first-order valence-electron chi connectivity index (χ1n) is 5.32. The quantitative estimate of drug-likeness (QED) is 0.660. The molecule has 0 fully saturated rings. The van der Waals surface area contributed by atoms with E-state index < -0.39 is 6.10 Å². The maximum Gasteiger partial charge on any atom is 0.233 e. The van der Waals surface area contributed by atoms with Crippen LogP contribution in [-0.4, -0.2) is 46.1 Å². The summed E-state index contributed by atoms with van der Waals surface area (Å²) in [5, 5.41) is 9.37. The predicted molar refractivity (Wildman–Crippen MR) is 70.6 cm³/mol. The number of carbonyl (C=O) groups excluding carboxylic acids is 1. The van der Waals surface area contributed by atoms with Gasteiger partial charge in [0.25, 0.3) is 0 Å². The van der Waals surface area contributed by atoms with Crippen LogP contribution in [-0.2, 0) is 4.79 Å². The zero-order valence-electron chi connectivity index (χ0n) is 10.1. The Kier molecular flexibility index (Phi) is 8.03. The van der Waals surface area contributed by atoms with E-state index in [1.165, 1.54) is 11.8 Å². The highest BCUT2D eigenvalue weighted by atomic mass is 32.2. The van der Waals surface area contributed by atoms with E-state index in [0.717, 1.165) is 0 Å². The molecule has 0 aliphatic heterocycles. The predicted octanol–water partition coefficient (Wildman–Crippen LogP) is 1.69. The summed E-state index contributed by atoms with van der Waals surface area (Å²) in [6.07, 6.45) is 3.00. The van der Waals surface area contributed by atoms with Crippen molar-refractivity contribution in [3.8, 4) is 0 Å². The van der Waals surface area contributed by atoms with Gasteiger partial charge >= 0.3 is 0 Å². The summed E-state index contributed by atoms with van der Waals surface area (Å²) in [4.78, 5) is 13.5. The Morgan fingerprint density at radius 2 is 1.88 bits per heavy atom. The lowest BCUT2D eigenvalue weighted by molar-refractivity contribution is -0.127. The number of carbonyl (C=O) groups is 1. The Morgan fingerprint density at radius 3 is 2.25 bits per heavy atom. The van der Waals surface area contributed by atoms with Gasteiger partial charge in [-0.05, 0) is 6.92 Å². The molecule has 1 N–H and O–H groups in total. The molecule has 16 heavy (non-hydrogen) atoms. The minimum Gasteiger partial charge on any atom is -0.392 e. The Labute approximate surface area is 102 Å². The minimum absolute atomic E-state index is 0.0531. The van der Waals surface area contributed by atoms with E-state index >= 15 is 0 Å². The highest BCUT2D eigenvalue weighted by Crippen LogP contribution is 2.14. The van der Waals surface area contributed by atoms with Crippen molar-refractivity contribution >= 4 is 17.7 Å². The maximum absolute atomic E-state index is 11.8. The number of aliphatic hydroxyl groups is 1. The fraction of sp³-hybridized carbons (Fsp3) is 0.583. The first-order valence-corrected chi connectivity index (χ1v) is 6.37. The molecule has 92 valence electrons. The van der Waals surface area contributed by atoms with Crippen LogP contribution in [0.3, 0.4) is 0 Å². The number of rotatable bonds is 8. The average Bonchev–Trinajstić information content (AvgIpc) is 2.24. The number of thioether (sulfide) groups is 1. The van der Waals surface area contributed by atoms with Gasteiger partial charge in [0.15, 0.2) is 0 Å². The Hall–Kier alpha value is -0.740. The van der Waals surface area contributed by atoms with Gasteiger partial charge in [-0.3, -0.25) is 4.79 Å². The standard InChI is InChI=1S/C12H21NO2S/c1-5-7-13(8-6-2)12(15)9-16-11(4)10(3)14/h5-6,10-11,14H,1-2,7-9H2,3-4H3. The van der Waals surface area contributed by atoms with Crippen molar-refractivity contribution in [2.75, 3.05) is 18.8 Å². The number of hydrogen-bond acceptors (Lipinski definition) is 3. The molecule has 0 rings (SSSR count). The van der Waals surface area contributed by atoms with E-state index in [-0.39, 0.29) is 11.2 Å². The Morgan fingerprint density at radius 1 is 1.38 bits per heavy atom. The van der Waals surface area contributed by atoms with Crippen LogP contribution in [0.25, 0.3) is 0 Å². The number of aliphatic hydroxyl groups excluding tert-OH is 1. The van der Waals surface area contributed by atoms with E-state index in [1.807, 2.05) is 6.92 Å². The van der Waals surface area contributed by atoms with Crippen molar-refractivity contribution in [1.82, 2.24) is 4.90 Å². The van der Waals surface area contributed by atoms with Crippen LogP contribution in [0.15, 0.2) is 25.3 Å². The molecule has 2 unspecified atom stereocenters. The molecule has 0 aromatic rings. The minimum atomic E-state index is -0.398. The van der Waals surface area contributed by atoms with Gasteiger partial charge in [-0.2, -0.15) is 0 Å². The summed E-state index contributed by atoms with van der Waals surface area (Å²) in [6.45, 7) is 11.9. The second-order valence-corrected chi connectivity index (χ2v) is 5.00. The highest BCUT2D eigenvalue weighted by Gasteiger charge is 2.15. The van der Waals surface area contributed by atoms with Gasteiger partial charge in [-0.15, -0.1) is 24.9 Å². The van der Waals surface area contributed by atoms with Crippen LogP contribution in [0.1, 0.15) is 13.8 Å². The zero-order chi connectivity index (χ0) is 12.6. The molecule has 0 heterocycles. The van der Waals surface area contributed by atoms with Gasteiger partial charge in [0.2, 0.25) is 5.91 Å². The average molecular weight is 243 g/mol. The van der Waals surface area contributed by atoms with Gasteiger partial charge in [-0.1, -0.05) is 19.1 Å². The van der Waals surface area contributed by atoms with E-state index in [9.17, 15) is 9.90 Å². The molecule has 0 saturated heterocycles. The largest absolute Gasteiger partial charge is 0.392 e. The molecule has 0 aliphatic rings. The molecule has 0 saturated carbocycles. The summed E-state index contributed by atoms with van der Waals surface area (Å²) < 4.78 is 0.